The minimum atomic E-state index is 0.561. The highest BCUT2D eigenvalue weighted by molar-refractivity contribution is 9.09. The maximum absolute atomic E-state index is 5.99. The summed E-state index contributed by atoms with van der Waals surface area (Å²) < 4.78 is 5.09. The molecule has 90 valence electrons. The Morgan fingerprint density at radius 1 is 1.18 bits per heavy atom. The van der Waals surface area contributed by atoms with Crippen LogP contribution in [0.25, 0.3) is 0 Å². The molecular weight excluding hydrogens is 300 g/mol. The second-order valence-corrected chi connectivity index (χ2v) is 5.27. The van der Waals surface area contributed by atoms with Crippen molar-refractivity contribution in [1.82, 2.24) is 0 Å². The first-order valence-corrected chi connectivity index (χ1v) is 7.09. The molecule has 0 fully saturated rings. The second kappa shape index (κ2) is 6.27. The highest BCUT2D eigenvalue weighted by Crippen LogP contribution is 2.19. The maximum atomic E-state index is 5.99. The Hall–Kier alpha value is -0.730. The third-order valence-electron chi connectivity index (χ3n) is 2.74. The topological polar surface area (TPSA) is 13.1 Å². The lowest BCUT2D eigenvalue weighted by molar-refractivity contribution is 0.550. The van der Waals surface area contributed by atoms with Crippen molar-refractivity contribution in [3.8, 4) is 0 Å². The summed E-state index contributed by atoms with van der Waals surface area (Å²) >= 11 is 9.56. The molecule has 1 heterocycles. The van der Waals surface area contributed by atoms with Crippen molar-refractivity contribution in [2.24, 2.45) is 5.92 Å². The van der Waals surface area contributed by atoms with Gasteiger partial charge in [-0.05, 0) is 48.1 Å². The van der Waals surface area contributed by atoms with Gasteiger partial charge in [-0.25, -0.2) is 0 Å². The number of alkyl halides is 1. The van der Waals surface area contributed by atoms with E-state index >= 15 is 0 Å². The molecule has 0 N–H and O–H groups in total. The summed E-state index contributed by atoms with van der Waals surface area (Å²) in [6, 6.07) is 10.1. The van der Waals surface area contributed by atoms with Crippen molar-refractivity contribution in [3.63, 3.8) is 0 Å². The highest BCUT2D eigenvalue weighted by Gasteiger charge is 2.10. The first-order chi connectivity index (χ1) is 8.28. The van der Waals surface area contributed by atoms with Crippen LogP contribution < -0.4 is 0 Å². The fourth-order valence-corrected chi connectivity index (χ4v) is 2.59. The zero-order valence-corrected chi connectivity index (χ0v) is 11.7. The van der Waals surface area contributed by atoms with Crippen molar-refractivity contribution in [2.75, 3.05) is 5.33 Å². The summed E-state index contributed by atoms with van der Waals surface area (Å²) in [7, 11) is 0. The summed E-state index contributed by atoms with van der Waals surface area (Å²) in [5.74, 6) is 0.561. The van der Waals surface area contributed by atoms with Gasteiger partial charge in [0.05, 0.1) is 12.5 Å². The first kappa shape index (κ1) is 12.7. The van der Waals surface area contributed by atoms with E-state index in [1.54, 1.807) is 6.26 Å². The van der Waals surface area contributed by atoms with Crippen LogP contribution in [0.4, 0.5) is 0 Å². The molecule has 2 aromatic rings. The summed E-state index contributed by atoms with van der Waals surface area (Å²) in [6.45, 7) is 0. The Balaban J connectivity index is 2.00. The fourth-order valence-electron chi connectivity index (χ4n) is 1.92. The maximum Gasteiger partial charge on any atom is 0.0934 e. The molecule has 2 rings (SSSR count). The lowest BCUT2D eigenvalue weighted by Gasteiger charge is -2.13. The van der Waals surface area contributed by atoms with Crippen molar-refractivity contribution < 1.29 is 4.42 Å². The molecule has 1 aromatic carbocycles. The number of halogens is 2. The van der Waals surface area contributed by atoms with Gasteiger partial charge in [0.15, 0.2) is 0 Å². The molecule has 1 unspecified atom stereocenters. The first-order valence-electron chi connectivity index (χ1n) is 5.59. The van der Waals surface area contributed by atoms with Crippen molar-refractivity contribution >= 4 is 27.5 Å². The number of furan rings is 1. The molecule has 0 aliphatic carbocycles. The summed E-state index contributed by atoms with van der Waals surface area (Å²) in [4.78, 5) is 0. The third kappa shape index (κ3) is 3.90. The van der Waals surface area contributed by atoms with Gasteiger partial charge in [-0.2, -0.15) is 0 Å². The van der Waals surface area contributed by atoms with Crippen molar-refractivity contribution in [2.45, 2.75) is 12.8 Å². The van der Waals surface area contributed by atoms with Gasteiger partial charge in [-0.15, -0.1) is 0 Å². The van der Waals surface area contributed by atoms with Crippen molar-refractivity contribution in [1.29, 1.82) is 0 Å². The van der Waals surface area contributed by atoms with E-state index in [0.29, 0.717) is 5.92 Å². The van der Waals surface area contributed by atoms with Crippen LogP contribution in [0.5, 0.6) is 0 Å². The van der Waals surface area contributed by atoms with E-state index in [-0.39, 0.29) is 0 Å². The zero-order chi connectivity index (χ0) is 12.1. The van der Waals surface area contributed by atoms with Crippen LogP contribution in [0.3, 0.4) is 0 Å². The quantitative estimate of drug-likeness (QED) is 0.727. The number of rotatable bonds is 5. The summed E-state index contributed by atoms with van der Waals surface area (Å²) in [6.07, 6.45) is 5.58. The smallest absolute Gasteiger partial charge is 0.0934 e. The molecule has 17 heavy (non-hydrogen) atoms. The lowest BCUT2D eigenvalue weighted by Crippen LogP contribution is -2.09. The van der Waals surface area contributed by atoms with E-state index in [9.17, 15) is 0 Å². The van der Waals surface area contributed by atoms with Gasteiger partial charge >= 0.3 is 0 Å². The molecule has 3 heteroatoms. The minimum Gasteiger partial charge on any atom is -0.472 e. The zero-order valence-electron chi connectivity index (χ0n) is 9.40. The number of benzene rings is 1. The molecule has 1 aromatic heterocycles. The molecule has 0 amide bonds. The number of hydrogen-bond acceptors (Lipinski definition) is 1. The van der Waals surface area contributed by atoms with Crippen LogP contribution in [0, 0.1) is 5.92 Å². The SMILES string of the molecule is Clc1cccc(CC(CBr)Cc2ccoc2)c1. The van der Waals surface area contributed by atoms with Crippen LogP contribution >= 0.6 is 27.5 Å². The molecule has 0 radical (unpaired) electrons. The molecule has 0 saturated carbocycles. The normalized spacial score (nSPS) is 12.6. The summed E-state index contributed by atoms with van der Waals surface area (Å²) in [5, 5.41) is 1.78. The standard InChI is InChI=1S/C14H14BrClO/c15-9-13(7-12-4-5-17-10-12)6-11-2-1-3-14(16)8-11/h1-5,8,10,13H,6-7,9H2. The van der Waals surface area contributed by atoms with Gasteiger partial charge < -0.3 is 4.42 Å². The average Bonchev–Trinajstić information content (AvgIpc) is 2.81. The van der Waals surface area contributed by atoms with E-state index in [2.05, 4.69) is 22.0 Å². The molecule has 0 saturated heterocycles. The van der Waals surface area contributed by atoms with Gasteiger partial charge in [0.2, 0.25) is 0 Å². The van der Waals surface area contributed by atoms with Crippen LogP contribution in [0.1, 0.15) is 11.1 Å². The van der Waals surface area contributed by atoms with Gasteiger partial charge in [-0.3, -0.25) is 0 Å². The van der Waals surface area contributed by atoms with E-state index in [1.165, 1.54) is 11.1 Å². The van der Waals surface area contributed by atoms with E-state index in [1.807, 2.05) is 30.5 Å². The minimum absolute atomic E-state index is 0.561. The van der Waals surface area contributed by atoms with Crippen LogP contribution in [0.2, 0.25) is 5.02 Å². The fraction of sp³-hybridized carbons (Fsp3) is 0.286. The van der Waals surface area contributed by atoms with Gasteiger partial charge in [0.25, 0.3) is 0 Å². The predicted octanol–water partition coefficient (Wildman–Crippen LogP) is 4.73. The molecule has 0 bridgehead atoms. The summed E-state index contributed by atoms with van der Waals surface area (Å²) in [5.41, 5.74) is 2.53. The van der Waals surface area contributed by atoms with Gasteiger partial charge in [0, 0.05) is 10.4 Å². The average molecular weight is 314 g/mol. The van der Waals surface area contributed by atoms with Gasteiger partial charge in [0.1, 0.15) is 0 Å². The molecular formula is C14H14BrClO. The lowest BCUT2D eigenvalue weighted by atomic mass is 9.95. The predicted molar refractivity (Wildman–Crippen MR) is 74.9 cm³/mol. The number of hydrogen-bond donors (Lipinski definition) is 0. The van der Waals surface area contributed by atoms with Crippen molar-refractivity contribution in [3.05, 3.63) is 59.0 Å². The van der Waals surface area contributed by atoms with E-state index in [0.717, 1.165) is 23.2 Å². The molecule has 0 aliphatic heterocycles. The molecule has 1 nitrogen and oxygen atoms in total. The van der Waals surface area contributed by atoms with Crippen LogP contribution in [0.15, 0.2) is 47.3 Å². The van der Waals surface area contributed by atoms with E-state index in [4.69, 9.17) is 16.0 Å². The highest BCUT2D eigenvalue weighted by atomic mass is 79.9. The monoisotopic (exact) mass is 312 g/mol. The Kier molecular flexibility index (Phi) is 4.69. The van der Waals surface area contributed by atoms with Crippen LogP contribution in [-0.2, 0) is 12.8 Å². The molecule has 0 aliphatic rings. The Labute approximate surface area is 115 Å². The Morgan fingerprint density at radius 2 is 2.00 bits per heavy atom. The van der Waals surface area contributed by atoms with Crippen LogP contribution in [-0.4, -0.2) is 5.33 Å². The third-order valence-corrected chi connectivity index (χ3v) is 3.89. The Morgan fingerprint density at radius 3 is 2.65 bits per heavy atom. The largest absolute Gasteiger partial charge is 0.472 e. The van der Waals surface area contributed by atoms with Gasteiger partial charge in [-0.1, -0.05) is 39.7 Å². The Bertz CT molecular complexity index is 453. The second-order valence-electron chi connectivity index (χ2n) is 4.19. The molecule has 1 atom stereocenters. The van der Waals surface area contributed by atoms with E-state index < -0.39 is 0 Å². The molecule has 0 spiro atoms.